The molecule has 0 unspecified atom stereocenters. The van der Waals surface area contributed by atoms with E-state index in [1.165, 1.54) is 19.9 Å². The van der Waals surface area contributed by atoms with Crippen molar-refractivity contribution in [2.45, 2.75) is 0 Å². The van der Waals surface area contributed by atoms with Gasteiger partial charge in [-0.3, -0.25) is 10.1 Å². The Hall–Kier alpha value is -2.84. The van der Waals surface area contributed by atoms with Gasteiger partial charge in [-0.05, 0) is 55.7 Å². The standard InChI is InChI=1S/C21H26N4O3S/c1-24-11-13-25(14-12-24)16-9-7-15(8-10-16)22-21(29)23-20(26)19-17(27-2)5-4-6-18(19)28-3/h4-10H,11-14H2,1-3H3,(H2,22,23,26,29). The van der Waals surface area contributed by atoms with Crippen LogP contribution in [0, 0.1) is 0 Å². The molecule has 0 spiro atoms. The maximum absolute atomic E-state index is 12.7. The Balaban J connectivity index is 1.62. The van der Waals surface area contributed by atoms with Crippen molar-refractivity contribution >= 4 is 34.6 Å². The minimum atomic E-state index is -0.397. The Bertz CT molecular complexity index is 842. The lowest BCUT2D eigenvalue weighted by Gasteiger charge is -2.34. The molecule has 0 atom stereocenters. The number of nitrogens with one attached hydrogen (secondary N) is 2. The molecule has 0 saturated carbocycles. The first-order chi connectivity index (χ1) is 14.0. The minimum Gasteiger partial charge on any atom is -0.496 e. The number of amides is 1. The highest BCUT2D eigenvalue weighted by atomic mass is 32.1. The lowest BCUT2D eigenvalue weighted by atomic mass is 10.1. The number of hydrogen-bond donors (Lipinski definition) is 2. The Kier molecular flexibility index (Phi) is 6.90. The number of carbonyl (C=O) groups is 1. The van der Waals surface area contributed by atoms with Crippen LogP contribution in [-0.2, 0) is 0 Å². The third-order valence-electron chi connectivity index (χ3n) is 4.88. The van der Waals surface area contributed by atoms with Crippen molar-refractivity contribution in [1.82, 2.24) is 10.2 Å². The predicted molar refractivity (Wildman–Crippen MR) is 119 cm³/mol. The first-order valence-corrected chi connectivity index (χ1v) is 9.79. The third kappa shape index (κ3) is 5.16. The van der Waals surface area contributed by atoms with Gasteiger partial charge in [0, 0.05) is 37.6 Å². The van der Waals surface area contributed by atoms with E-state index in [0.717, 1.165) is 31.9 Å². The molecule has 0 radical (unpaired) electrons. The fraction of sp³-hybridized carbons (Fsp3) is 0.333. The van der Waals surface area contributed by atoms with Crippen molar-refractivity contribution in [3.05, 3.63) is 48.0 Å². The van der Waals surface area contributed by atoms with Crippen LogP contribution in [0.4, 0.5) is 11.4 Å². The molecule has 1 aliphatic heterocycles. The molecule has 1 fully saturated rings. The van der Waals surface area contributed by atoms with Crippen LogP contribution in [0.15, 0.2) is 42.5 Å². The molecule has 2 aromatic carbocycles. The minimum absolute atomic E-state index is 0.204. The summed E-state index contributed by atoms with van der Waals surface area (Å²) in [5, 5.41) is 5.93. The lowest BCUT2D eigenvalue weighted by molar-refractivity contribution is 0.0971. The second kappa shape index (κ2) is 9.58. The van der Waals surface area contributed by atoms with Gasteiger partial charge in [-0.2, -0.15) is 0 Å². The molecule has 1 aliphatic rings. The quantitative estimate of drug-likeness (QED) is 0.729. The van der Waals surface area contributed by atoms with Crippen LogP contribution in [0.2, 0.25) is 0 Å². The molecule has 7 nitrogen and oxygen atoms in total. The van der Waals surface area contributed by atoms with E-state index in [1.54, 1.807) is 18.2 Å². The molecule has 0 aliphatic carbocycles. The maximum Gasteiger partial charge on any atom is 0.264 e. The van der Waals surface area contributed by atoms with Crippen LogP contribution < -0.4 is 25.0 Å². The zero-order valence-corrected chi connectivity index (χ0v) is 17.7. The molecule has 1 heterocycles. The number of rotatable bonds is 5. The van der Waals surface area contributed by atoms with Crippen LogP contribution in [0.25, 0.3) is 0 Å². The van der Waals surface area contributed by atoms with Gasteiger partial charge in [0.2, 0.25) is 0 Å². The topological polar surface area (TPSA) is 66.1 Å². The van der Waals surface area contributed by atoms with Gasteiger partial charge in [-0.15, -0.1) is 0 Å². The highest BCUT2D eigenvalue weighted by molar-refractivity contribution is 7.80. The van der Waals surface area contributed by atoms with Gasteiger partial charge >= 0.3 is 0 Å². The zero-order valence-electron chi connectivity index (χ0n) is 16.9. The fourth-order valence-electron chi connectivity index (χ4n) is 3.22. The van der Waals surface area contributed by atoms with E-state index in [4.69, 9.17) is 21.7 Å². The third-order valence-corrected chi connectivity index (χ3v) is 5.08. The Morgan fingerprint density at radius 2 is 1.55 bits per heavy atom. The monoisotopic (exact) mass is 414 g/mol. The van der Waals surface area contributed by atoms with E-state index in [-0.39, 0.29) is 5.11 Å². The van der Waals surface area contributed by atoms with Crippen molar-refractivity contribution in [3.63, 3.8) is 0 Å². The van der Waals surface area contributed by atoms with Crippen LogP contribution in [-0.4, -0.2) is 63.4 Å². The molecule has 1 amide bonds. The Labute approximate surface area is 176 Å². The molecule has 1 saturated heterocycles. The van der Waals surface area contributed by atoms with Crippen molar-refractivity contribution < 1.29 is 14.3 Å². The number of benzene rings is 2. The second-order valence-electron chi connectivity index (χ2n) is 6.78. The van der Waals surface area contributed by atoms with Crippen LogP contribution in [0.3, 0.4) is 0 Å². The molecule has 3 rings (SSSR count). The fourth-order valence-corrected chi connectivity index (χ4v) is 3.43. The first-order valence-electron chi connectivity index (χ1n) is 9.38. The smallest absolute Gasteiger partial charge is 0.264 e. The van der Waals surface area contributed by atoms with Gasteiger partial charge in [0.1, 0.15) is 17.1 Å². The number of ether oxygens (including phenoxy) is 2. The number of nitrogens with zero attached hydrogens (tertiary/aromatic N) is 2. The summed E-state index contributed by atoms with van der Waals surface area (Å²) in [4.78, 5) is 17.4. The van der Waals surface area contributed by atoms with Gasteiger partial charge in [0.05, 0.1) is 14.2 Å². The van der Waals surface area contributed by atoms with E-state index in [0.29, 0.717) is 17.1 Å². The maximum atomic E-state index is 12.7. The van der Waals surface area contributed by atoms with Crippen molar-refractivity contribution in [3.8, 4) is 11.5 Å². The summed E-state index contributed by atoms with van der Waals surface area (Å²) in [7, 11) is 5.15. The van der Waals surface area contributed by atoms with Crippen LogP contribution in [0.5, 0.6) is 11.5 Å². The first kappa shape index (κ1) is 20.9. The molecular weight excluding hydrogens is 388 g/mol. The predicted octanol–water partition coefficient (Wildman–Crippen LogP) is 2.58. The molecule has 29 heavy (non-hydrogen) atoms. The number of anilines is 2. The Morgan fingerprint density at radius 3 is 2.10 bits per heavy atom. The average Bonchev–Trinajstić information content (AvgIpc) is 2.74. The van der Waals surface area contributed by atoms with Gasteiger partial charge < -0.3 is 24.6 Å². The summed E-state index contributed by atoms with van der Waals surface area (Å²) in [6, 6.07) is 13.2. The summed E-state index contributed by atoms with van der Waals surface area (Å²) < 4.78 is 10.5. The molecule has 2 N–H and O–H groups in total. The molecule has 2 aromatic rings. The highest BCUT2D eigenvalue weighted by Crippen LogP contribution is 2.28. The average molecular weight is 415 g/mol. The summed E-state index contributed by atoms with van der Waals surface area (Å²) >= 11 is 5.30. The summed E-state index contributed by atoms with van der Waals surface area (Å²) in [6.07, 6.45) is 0. The van der Waals surface area contributed by atoms with Gasteiger partial charge in [-0.25, -0.2) is 0 Å². The largest absolute Gasteiger partial charge is 0.496 e. The van der Waals surface area contributed by atoms with Gasteiger partial charge in [0.15, 0.2) is 5.11 Å². The Morgan fingerprint density at radius 1 is 0.966 bits per heavy atom. The normalized spacial score (nSPS) is 14.2. The van der Waals surface area contributed by atoms with E-state index in [1.807, 2.05) is 12.1 Å². The summed E-state index contributed by atoms with van der Waals surface area (Å²) in [5.74, 6) is 0.438. The van der Waals surface area contributed by atoms with Crippen molar-refractivity contribution in [2.24, 2.45) is 0 Å². The van der Waals surface area contributed by atoms with E-state index >= 15 is 0 Å². The molecule has 0 bridgehead atoms. The molecule has 154 valence electrons. The van der Waals surface area contributed by atoms with Crippen molar-refractivity contribution in [2.75, 3.05) is 57.7 Å². The van der Waals surface area contributed by atoms with E-state index in [2.05, 4.69) is 39.6 Å². The highest BCUT2D eigenvalue weighted by Gasteiger charge is 2.19. The lowest BCUT2D eigenvalue weighted by Crippen LogP contribution is -2.44. The van der Waals surface area contributed by atoms with E-state index < -0.39 is 5.91 Å². The number of carbonyl (C=O) groups excluding carboxylic acids is 1. The SMILES string of the molecule is COc1cccc(OC)c1C(=O)NC(=S)Nc1ccc(N2CCN(C)CC2)cc1. The van der Waals surface area contributed by atoms with Crippen LogP contribution in [0.1, 0.15) is 10.4 Å². The van der Waals surface area contributed by atoms with Crippen molar-refractivity contribution in [1.29, 1.82) is 0 Å². The summed E-state index contributed by atoms with van der Waals surface area (Å²) in [6.45, 7) is 4.14. The summed E-state index contributed by atoms with van der Waals surface area (Å²) in [5.41, 5.74) is 2.28. The second-order valence-corrected chi connectivity index (χ2v) is 7.19. The number of methoxy groups -OCH3 is 2. The van der Waals surface area contributed by atoms with Crippen LogP contribution >= 0.6 is 12.2 Å². The molecule has 8 heteroatoms. The number of likely N-dealkylation sites (N-methyl/N-ethyl adjacent to an activating group) is 1. The molecule has 0 aromatic heterocycles. The number of piperazine rings is 1. The van der Waals surface area contributed by atoms with E-state index in [9.17, 15) is 4.79 Å². The molecular formula is C21H26N4O3S. The zero-order chi connectivity index (χ0) is 20.8. The number of thiocarbonyl (C=S) groups is 1. The van der Waals surface area contributed by atoms with Gasteiger partial charge in [0.25, 0.3) is 5.91 Å². The number of hydrogen-bond acceptors (Lipinski definition) is 6. The van der Waals surface area contributed by atoms with Gasteiger partial charge in [-0.1, -0.05) is 6.07 Å².